The monoisotopic (exact) mass is 324 g/mol. The van der Waals surface area contributed by atoms with Crippen molar-refractivity contribution in [1.29, 1.82) is 0 Å². The SMILES string of the molecule is CCc1ccc(N)cc1S(=O)(=O)N(C)CCc1cccs1. The summed E-state index contributed by atoms with van der Waals surface area (Å²) in [6.07, 6.45) is 1.38. The number of nitrogens with two attached hydrogens (primary N) is 1. The van der Waals surface area contributed by atoms with Crippen molar-refractivity contribution in [3.05, 3.63) is 46.2 Å². The van der Waals surface area contributed by atoms with Crippen LogP contribution in [0, 0.1) is 0 Å². The summed E-state index contributed by atoms with van der Waals surface area (Å²) in [5.74, 6) is 0. The first kappa shape index (κ1) is 16.0. The number of benzene rings is 1. The molecule has 21 heavy (non-hydrogen) atoms. The normalized spacial score (nSPS) is 12.0. The molecule has 1 aromatic carbocycles. The van der Waals surface area contributed by atoms with Crippen LogP contribution in [-0.2, 0) is 22.9 Å². The van der Waals surface area contributed by atoms with E-state index in [9.17, 15) is 8.42 Å². The number of nitrogens with zero attached hydrogens (tertiary/aromatic N) is 1. The quantitative estimate of drug-likeness (QED) is 0.831. The van der Waals surface area contributed by atoms with Crippen LogP contribution in [0.5, 0.6) is 0 Å². The number of likely N-dealkylation sites (N-methyl/N-ethyl adjacent to an activating group) is 1. The molecule has 4 nitrogen and oxygen atoms in total. The minimum atomic E-state index is -3.50. The molecule has 0 fully saturated rings. The molecule has 6 heteroatoms. The second-order valence-corrected chi connectivity index (χ2v) is 7.92. The lowest BCUT2D eigenvalue weighted by molar-refractivity contribution is 0.473. The van der Waals surface area contributed by atoms with E-state index in [0.717, 1.165) is 12.0 Å². The summed E-state index contributed by atoms with van der Waals surface area (Å²) in [7, 11) is -1.88. The van der Waals surface area contributed by atoms with Gasteiger partial charge in [0.05, 0.1) is 4.90 Å². The summed E-state index contributed by atoms with van der Waals surface area (Å²) < 4.78 is 26.8. The fourth-order valence-electron chi connectivity index (χ4n) is 2.11. The topological polar surface area (TPSA) is 63.4 Å². The fraction of sp³-hybridized carbons (Fsp3) is 0.333. The fourth-order valence-corrected chi connectivity index (χ4v) is 4.31. The van der Waals surface area contributed by atoms with Gasteiger partial charge in [0, 0.05) is 24.2 Å². The van der Waals surface area contributed by atoms with Gasteiger partial charge >= 0.3 is 0 Å². The number of rotatable bonds is 6. The third-order valence-corrected chi connectivity index (χ3v) is 6.29. The number of aryl methyl sites for hydroxylation is 1. The zero-order chi connectivity index (χ0) is 15.5. The predicted molar refractivity (Wildman–Crippen MR) is 88.1 cm³/mol. The average molecular weight is 324 g/mol. The van der Waals surface area contributed by atoms with Crippen LogP contribution in [0.25, 0.3) is 0 Å². The van der Waals surface area contributed by atoms with Crippen molar-refractivity contribution < 1.29 is 8.42 Å². The van der Waals surface area contributed by atoms with Crippen LogP contribution in [0.4, 0.5) is 5.69 Å². The van der Waals surface area contributed by atoms with Gasteiger partial charge < -0.3 is 5.73 Å². The highest BCUT2D eigenvalue weighted by Gasteiger charge is 2.23. The summed E-state index contributed by atoms with van der Waals surface area (Å²) in [5, 5.41) is 2.00. The molecule has 0 saturated carbocycles. The summed E-state index contributed by atoms with van der Waals surface area (Å²) in [4.78, 5) is 1.50. The Kier molecular flexibility index (Phi) is 5.03. The first-order valence-electron chi connectivity index (χ1n) is 6.82. The zero-order valence-corrected chi connectivity index (χ0v) is 13.9. The molecule has 2 N–H and O–H groups in total. The maximum atomic E-state index is 12.7. The Morgan fingerprint density at radius 3 is 2.67 bits per heavy atom. The largest absolute Gasteiger partial charge is 0.399 e. The van der Waals surface area contributed by atoms with Crippen molar-refractivity contribution in [2.75, 3.05) is 19.3 Å². The molecule has 0 bridgehead atoms. The maximum Gasteiger partial charge on any atom is 0.243 e. The van der Waals surface area contributed by atoms with Gasteiger partial charge in [-0.15, -0.1) is 11.3 Å². The molecule has 1 heterocycles. The molecule has 0 amide bonds. The lowest BCUT2D eigenvalue weighted by Crippen LogP contribution is -2.29. The summed E-state index contributed by atoms with van der Waals surface area (Å²) in [6.45, 7) is 2.40. The Morgan fingerprint density at radius 1 is 1.29 bits per heavy atom. The molecule has 0 spiro atoms. The number of hydrogen-bond donors (Lipinski definition) is 1. The van der Waals surface area contributed by atoms with E-state index in [1.165, 1.54) is 9.18 Å². The predicted octanol–water partition coefficient (Wildman–Crippen LogP) is 2.76. The lowest BCUT2D eigenvalue weighted by Gasteiger charge is -2.19. The third kappa shape index (κ3) is 3.64. The minimum Gasteiger partial charge on any atom is -0.399 e. The second-order valence-electron chi connectivity index (χ2n) is 4.88. The highest BCUT2D eigenvalue weighted by atomic mass is 32.2. The van der Waals surface area contributed by atoms with Gasteiger partial charge in [-0.05, 0) is 42.0 Å². The first-order chi connectivity index (χ1) is 9.95. The Labute approximate surface area is 130 Å². The van der Waals surface area contributed by atoms with E-state index in [-0.39, 0.29) is 0 Å². The van der Waals surface area contributed by atoms with E-state index >= 15 is 0 Å². The molecular weight excluding hydrogens is 304 g/mol. The van der Waals surface area contributed by atoms with Crippen LogP contribution in [0.2, 0.25) is 0 Å². The van der Waals surface area contributed by atoms with Gasteiger partial charge in [-0.1, -0.05) is 19.1 Å². The molecule has 0 aliphatic carbocycles. The highest BCUT2D eigenvalue weighted by Crippen LogP contribution is 2.23. The number of hydrogen-bond acceptors (Lipinski definition) is 4. The summed E-state index contributed by atoms with van der Waals surface area (Å²) in [5.41, 5.74) is 7.02. The molecule has 0 atom stereocenters. The maximum absolute atomic E-state index is 12.7. The minimum absolute atomic E-state index is 0.318. The Bertz CT molecular complexity index is 694. The molecule has 2 aromatic rings. The van der Waals surface area contributed by atoms with Crippen molar-refractivity contribution in [1.82, 2.24) is 4.31 Å². The Morgan fingerprint density at radius 2 is 2.05 bits per heavy atom. The average Bonchev–Trinajstić information content (AvgIpc) is 2.97. The molecule has 0 aliphatic rings. The van der Waals surface area contributed by atoms with E-state index in [4.69, 9.17) is 5.73 Å². The Balaban J connectivity index is 2.22. The van der Waals surface area contributed by atoms with E-state index < -0.39 is 10.0 Å². The van der Waals surface area contributed by atoms with Gasteiger partial charge in [0.2, 0.25) is 10.0 Å². The van der Waals surface area contributed by atoms with E-state index in [1.54, 1.807) is 36.6 Å². The molecule has 1 aromatic heterocycles. The van der Waals surface area contributed by atoms with E-state index in [1.807, 2.05) is 24.4 Å². The first-order valence-corrected chi connectivity index (χ1v) is 9.14. The van der Waals surface area contributed by atoms with Crippen molar-refractivity contribution in [3.8, 4) is 0 Å². The number of thiophene rings is 1. The van der Waals surface area contributed by atoms with Gasteiger partial charge in [-0.25, -0.2) is 12.7 Å². The molecule has 0 radical (unpaired) electrons. The van der Waals surface area contributed by atoms with Crippen LogP contribution in [0.15, 0.2) is 40.6 Å². The van der Waals surface area contributed by atoms with Crippen molar-refractivity contribution in [3.63, 3.8) is 0 Å². The zero-order valence-electron chi connectivity index (χ0n) is 12.2. The Hall–Kier alpha value is -1.37. The van der Waals surface area contributed by atoms with Gasteiger partial charge in [-0.3, -0.25) is 0 Å². The van der Waals surface area contributed by atoms with E-state index in [2.05, 4.69) is 0 Å². The second kappa shape index (κ2) is 6.60. The molecule has 114 valence electrons. The van der Waals surface area contributed by atoms with Gasteiger partial charge in [0.25, 0.3) is 0 Å². The van der Waals surface area contributed by atoms with Crippen LogP contribution in [-0.4, -0.2) is 26.3 Å². The number of nitrogen functional groups attached to an aromatic ring is 1. The van der Waals surface area contributed by atoms with Crippen molar-refractivity contribution in [2.24, 2.45) is 0 Å². The number of sulfonamides is 1. The van der Waals surface area contributed by atoms with Crippen molar-refractivity contribution >= 4 is 27.0 Å². The van der Waals surface area contributed by atoms with Crippen LogP contribution < -0.4 is 5.73 Å². The van der Waals surface area contributed by atoms with Crippen LogP contribution >= 0.6 is 11.3 Å². The standard InChI is InChI=1S/C15H20N2O2S2/c1-3-12-6-7-13(16)11-15(12)21(18,19)17(2)9-8-14-5-4-10-20-14/h4-7,10-11H,3,8-9,16H2,1-2H3. The van der Waals surface area contributed by atoms with Gasteiger partial charge in [-0.2, -0.15) is 0 Å². The van der Waals surface area contributed by atoms with Crippen molar-refractivity contribution in [2.45, 2.75) is 24.7 Å². The van der Waals surface area contributed by atoms with E-state index in [0.29, 0.717) is 23.5 Å². The molecule has 0 unspecified atom stereocenters. The summed E-state index contributed by atoms with van der Waals surface area (Å²) in [6, 6.07) is 9.07. The molecule has 2 rings (SSSR count). The molecule has 0 aliphatic heterocycles. The van der Waals surface area contributed by atoms with Crippen LogP contribution in [0.1, 0.15) is 17.4 Å². The highest BCUT2D eigenvalue weighted by molar-refractivity contribution is 7.89. The smallest absolute Gasteiger partial charge is 0.243 e. The summed E-state index contributed by atoms with van der Waals surface area (Å²) >= 11 is 1.64. The molecule has 0 saturated heterocycles. The molecular formula is C15H20N2O2S2. The van der Waals surface area contributed by atoms with Crippen LogP contribution in [0.3, 0.4) is 0 Å². The third-order valence-electron chi connectivity index (χ3n) is 3.41. The lowest BCUT2D eigenvalue weighted by atomic mass is 10.1. The number of anilines is 1. The van der Waals surface area contributed by atoms with Gasteiger partial charge in [0.1, 0.15) is 0 Å². The van der Waals surface area contributed by atoms with Gasteiger partial charge in [0.15, 0.2) is 0 Å².